The van der Waals surface area contributed by atoms with E-state index in [4.69, 9.17) is 23.2 Å². The molecule has 0 fully saturated rings. The third-order valence-corrected chi connectivity index (χ3v) is 2.53. The predicted octanol–water partition coefficient (Wildman–Crippen LogP) is 2.79. The van der Waals surface area contributed by atoms with Crippen molar-refractivity contribution in [3.05, 3.63) is 47.0 Å². The number of halogens is 2. The van der Waals surface area contributed by atoms with Gasteiger partial charge >= 0.3 is 0 Å². The van der Waals surface area contributed by atoms with Crippen molar-refractivity contribution >= 4 is 29.1 Å². The number of benzene rings is 1. The monoisotopic (exact) mass is 257 g/mol. The Bertz CT molecular complexity index is 377. The molecule has 1 aromatic rings. The molecule has 86 valence electrons. The number of hydrogen-bond acceptors (Lipinski definition) is 1. The van der Waals surface area contributed by atoms with E-state index in [0.29, 0.717) is 23.9 Å². The van der Waals surface area contributed by atoms with Gasteiger partial charge in [-0.2, -0.15) is 0 Å². The third kappa shape index (κ3) is 4.69. The summed E-state index contributed by atoms with van der Waals surface area (Å²) in [4.78, 5) is 11.5. The maximum atomic E-state index is 11.5. The number of hydrogen-bond donors (Lipinski definition) is 1. The van der Waals surface area contributed by atoms with Crippen LogP contribution in [0.25, 0.3) is 0 Å². The number of alkyl halides is 1. The van der Waals surface area contributed by atoms with Crippen molar-refractivity contribution < 1.29 is 4.79 Å². The summed E-state index contributed by atoms with van der Waals surface area (Å²) < 4.78 is 0. The maximum absolute atomic E-state index is 11.5. The first-order valence-electron chi connectivity index (χ1n) is 4.95. The molecule has 1 aromatic carbocycles. The minimum Gasteiger partial charge on any atom is -0.352 e. The Morgan fingerprint density at radius 3 is 2.75 bits per heavy atom. The second-order valence-electron chi connectivity index (χ2n) is 3.20. The molecule has 0 heterocycles. The van der Waals surface area contributed by atoms with E-state index in [9.17, 15) is 4.79 Å². The zero-order valence-electron chi connectivity index (χ0n) is 8.75. The first kappa shape index (κ1) is 13.1. The lowest BCUT2D eigenvalue weighted by Gasteiger charge is -2.04. The van der Waals surface area contributed by atoms with Crippen molar-refractivity contribution in [3.8, 4) is 0 Å². The number of carbonyl (C=O) groups is 1. The lowest BCUT2D eigenvalue weighted by atomic mass is 10.1. The molecule has 0 saturated carbocycles. The van der Waals surface area contributed by atoms with Crippen molar-refractivity contribution in [1.29, 1.82) is 0 Å². The number of rotatable bonds is 5. The highest BCUT2D eigenvalue weighted by atomic mass is 35.5. The molecule has 0 atom stereocenters. The molecular weight excluding hydrogens is 245 g/mol. The van der Waals surface area contributed by atoms with Crippen molar-refractivity contribution in [2.24, 2.45) is 0 Å². The van der Waals surface area contributed by atoms with Crippen LogP contribution >= 0.6 is 23.2 Å². The van der Waals surface area contributed by atoms with E-state index in [2.05, 4.69) is 5.32 Å². The quantitative estimate of drug-likeness (QED) is 0.638. The molecule has 16 heavy (non-hydrogen) atoms. The highest BCUT2D eigenvalue weighted by Crippen LogP contribution is 2.14. The van der Waals surface area contributed by atoms with Crippen LogP contribution in [0.5, 0.6) is 0 Å². The molecule has 1 amide bonds. The van der Waals surface area contributed by atoms with Crippen LogP contribution in [0.15, 0.2) is 36.4 Å². The van der Waals surface area contributed by atoms with Gasteiger partial charge in [0.05, 0.1) is 6.42 Å². The molecule has 1 rings (SSSR count). The van der Waals surface area contributed by atoms with Crippen LogP contribution in [0.3, 0.4) is 0 Å². The van der Waals surface area contributed by atoms with E-state index in [-0.39, 0.29) is 5.91 Å². The Hall–Kier alpha value is -0.990. The summed E-state index contributed by atoms with van der Waals surface area (Å²) in [6.07, 6.45) is 3.91. The van der Waals surface area contributed by atoms with Gasteiger partial charge in [-0.15, -0.1) is 11.6 Å². The Morgan fingerprint density at radius 1 is 1.31 bits per heavy atom. The lowest BCUT2D eigenvalue weighted by Crippen LogP contribution is -2.25. The zero-order valence-corrected chi connectivity index (χ0v) is 10.3. The molecule has 0 aliphatic rings. The molecular formula is C12H13Cl2NO. The fourth-order valence-electron chi connectivity index (χ4n) is 1.20. The number of amides is 1. The summed E-state index contributed by atoms with van der Waals surface area (Å²) >= 11 is 11.4. The SMILES string of the molecule is O=C(Cc1ccccc1Cl)NC/C=C/CCl. The van der Waals surface area contributed by atoms with E-state index in [0.717, 1.165) is 5.56 Å². The average molecular weight is 258 g/mol. The van der Waals surface area contributed by atoms with Gasteiger partial charge in [-0.1, -0.05) is 42.0 Å². The fourth-order valence-corrected chi connectivity index (χ4v) is 1.52. The van der Waals surface area contributed by atoms with Gasteiger partial charge in [-0.3, -0.25) is 4.79 Å². The van der Waals surface area contributed by atoms with Gasteiger partial charge in [0.1, 0.15) is 0 Å². The van der Waals surface area contributed by atoms with Gasteiger partial charge in [0, 0.05) is 17.4 Å². The fraction of sp³-hybridized carbons (Fsp3) is 0.250. The molecule has 0 aliphatic heterocycles. The van der Waals surface area contributed by atoms with Crippen LogP contribution in [0.4, 0.5) is 0 Å². The highest BCUT2D eigenvalue weighted by Gasteiger charge is 2.04. The summed E-state index contributed by atoms with van der Waals surface area (Å²) in [7, 11) is 0. The minimum atomic E-state index is -0.0488. The Labute approximate surface area is 105 Å². The third-order valence-electron chi connectivity index (χ3n) is 1.98. The van der Waals surface area contributed by atoms with Crippen molar-refractivity contribution in [3.63, 3.8) is 0 Å². The molecule has 0 spiro atoms. The minimum absolute atomic E-state index is 0.0488. The van der Waals surface area contributed by atoms with Crippen LogP contribution < -0.4 is 5.32 Å². The predicted molar refractivity (Wildman–Crippen MR) is 68.0 cm³/mol. The second kappa shape index (κ2) is 7.31. The van der Waals surface area contributed by atoms with Gasteiger partial charge in [-0.25, -0.2) is 0 Å². The standard InChI is InChI=1S/C12H13Cl2NO/c13-7-3-4-8-15-12(16)9-10-5-1-2-6-11(10)14/h1-6H,7-9H2,(H,15,16)/b4-3+. The van der Waals surface area contributed by atoms with Gasteiger partial charge in [-0.05, 0) is 11.6 Å². The van der Waals surface area contributed by atoms with E-state index < -0.39 is 0 Å². The van der Waals surface area contributed by atoms with Crippen LogP contribution in [0.1, 0.15) is 5.56 Å². The second-order valence-corrected chi connectivity index (χ2v) is 3.91. The van der Waals surface area contributed by atoms with Crippen molar-refractivity contribution in [1.82, 2.24) is 5.32 Å². The van der Waals surface area contributed by atoms with Gasteiger partial charge < -0.3 is 5.32 Å². The normalized spacial score (nSPS) is 10.6. The van der Waals surface area contributed by atoms with Gasteiger partial charge in [0.2, 0.25) is 5.91 Å². The topological polar surface area (TPSA) is 29.1 Å². The lowest BCUT2D eigenvalue weighted by molar-refractivity contribution is -0.120. The molecule has 1 N–H and O–H groups in total. The first-order valence-corrected chi connectivity index (χ1v) is 5.86. The summed E-state index contributed by atoms with van der Waals surface area (Å²) in [5.74, 6) is 0.410. The number of allylic oxidation sites excluding steroid dienone is 1. The van der Waals surface area contributed by atoms with Crippen molar-refractivity contribution in [2.75, 3.05) is 12.4 Å². The largest absolute Gasteiger partial charge is 0.352 e. The molecule has 4 heteroatoms. The molecule has 0 aromatic heterocycles. The van der Waals surface area contributed by atoms with Gasteiger partial charge in [0.25, 0.3) is 0 Å². The van der Waals surface area contributed by atoms with Gasteiger partial charge in [0.15, 0.2) is 0 Å². The summed E-state index contributed by atoms with van der Waals surface area (Å²) in [5, 5.41) is 3.37. The van der Waals surface area contributed by atoms with Crippen LogP contribution in [-0.4, -0.2) is 18.3 Å². The number of nitrogens with one attached hydrogen (secondary N) is 1. The van der Waals surface area contributed by atoms with E-state index in [1.807, 2.05) is 24.3 Å². The summed E-state index contributed by atoms with van der Waals surface area (Å²) in [6.45, 7) is 0.496. The smallest absolute Gasteiger partial charge is 0.224 e. The van der Waals surface area contributed by atoms with E-state index >= 15 is 0 Å². The molecule has 0 bridgehead atoms. The zero-order chi connectivity index (χ0) is 11.8. The molecule has 0 radical (unpaired) electrons. The maximum Gasteiger partial charge on any atom is 0.224 e. The first-order chi connectivity index (χ1) is 7.74. The Kier molecular flexibility index (Phi) is 5.98. The molecule has 2 nitrogen and oxygen atoms in total. The van der Waals surface area contributed by atoms with E-state index in [1.165, 1.54) is 0 Å². The number of carbonyl (C=O) groups excluding carboxylic acids is 1. The highest BCUT2D eigenvalue weighted by molar-refractivity contribution is 6.31. The van der Waals surface area contributed by atoms with Crippen LogP contribution in [0, 0.1) is 0 Å². The van der Waals surface area contributed by atoms with Crippen LogP contribution in [0.2, 0.25) is 5.02 Å². The van der Waals surface area contributed by atoms with Crippen LogP contribution in [-0.2, 0) is 11.2 Å². The molecule has 0 saturated heterocycles. The van der Waals surface area contributed by atoms with E-state index in [1.54, 1.807) is 12.1 Å². The molecule has 0 unspecified atom stereocenters. The Morgan fingerprint density at radius 2 is 2.06 bits per heavy atom. The Balaban J connectivity index is 2.40. The average Bonchev–Trinajstić information content (AvgIpc) is 2.28. The van der Waals surface area contributed by atoms with Crippen molar-refractivity contribution in [2.45, 2.75) is 6.42 Å². The summed E-state index contributed by atoms with van der Waals surface area (Å²) in [6, 6.07) is 7.32. The molecule has 0 aliphatic carbocycles. The summed E-state index contributed by atoms with van der Waals surface area (Å²) in [5.41, 5.74) is 0.836.